The molecular formula is C14H10ClF3N6O. The largest absolute Gasteiger partial charge is 0.573 e. The molecule has 0 aliphatic carbocycles. The average molecular weight is 371 g/mol. The molecular weight excluding hydrogens is 361 g/mol. The lowest BCUT2D eigenvalue weighted by Crippen LogP contribution is -2.17. The quantitative estimate of drug-likeness (QED) is 0.563. The molecule has 7 nitrogen and oxygen atoms in total. The van der Waals surface area contributed by atoms with Gasteiger partial charge >= 0.3 is 6.36 Å². The van der Waals surface area contributed by atoms with Crippen molar-refractivity contribution < 1.29 is 17.9 Å². The molecule has 3 rings (SSSR count). The number of aromatic nitrogens is 4. The summed E-state index contributed by atoms with van der Waals surface area (Å²) in [5, 5.41) is 8.56. The van der Waals surface area contributed by atoms with Crippen molar-refractivity contribution in [2.75, 3.05) is 5.43 Å². The maximum absolute atomic E-state index is 12.2. The van der Waals surface area contributed by atoms with E-state index in [4.69, 9.17) is 11.6 Å². The molecule has 0 fully saturated rings. The third-order valence-corrected chi connectivity index (χ3v) is 3.39. The Kier molecular flexibility index (Phi) is 4.45. The van der Waals surface area contributed by atoms with Crippen LogP contribution in [0.15, 0.2) is 35.8 Å². The minimum Gasteiger partial charge on any atom is -0.404 e. The number of hydrazone groups is 1. The second kappa shape index (κ2) is 6.55. The van der Waals surface area contributed by atoms with E-state index in [1.54, 1.807) is 17.9 Å². The summed E-state index contributed by atoms with van der Waals surface area (Å²) in [5.41, 5.74) is 3.84. The highest BCUT2D eigenvalue weighted by molar-refractivity contribution is 6.32. The molecule has 0 saturated carbocycles. The van der Waals surface area contributed by atoms with E-state index in [0.717, 1.165) is 6.07 Å². The molecule has 1 aromatic carbocycles. The lowest BCUT2D eigenvalue weighted by atomic mass is 10.2. The van der Waals surface area contributed by atoms with Crippen LogP contribution in [0.3, 0.4) is 0 Å². The Morgan fingerprint density at radius 3 is 2.84 bits per heavy atom. The third kappa shape index (κ3) is 3.97. The zero-order valence-electron chi connectivity index (χ0n) is 12.6. The van der Waals surface area contributed by atoms with E-state index < -0.39 is 12.1 Å². The molecule has 2 aromatic heterocycles. The second-order valence-electron chi connectivity index (χ2n) is 4.84. The van der Waals surface area contributed by atoms with Crippen LogP contribution in [0.4, 0.5) is 19.0 Å². The summed E-state index contributed by atoms with van der Waals surface area (Å²) >= 11 is 5.77. The molecule has 25 heavy (non-hydrogen) atoms. The molecule has 1 N–H and O–H groups in total. The van der Waals surface area contributed by atoms with E-state index in [1.165, 1.54) is 24.7 Å². The molecule has 0 unspecified atom stereocenters. The summed E-state index contributed by atoms with van der Waals surface area (Å²) in [7, 11) is 1.74. The van der Waals surface area contributed by atoms with Crippen molar-refractivity contribution >= 4 is 34.7 Å². The molecule has 0 atom stereocenters. The summed E-state index contributed by atoms with van der Waals surface area (Å²) in [4.78, 5) is 8.16. The molecule has 2 heterocycles. The summed E-state index contributed by atoms with van der Waals surface area (Å²) in [6, 6.07) is 3.80. The number of alkyl halides is 3. The van der Waals surface area contributed by atoms with Crippen LogP contribution in [0.2, 0.25) is 5.02 Å². The Balaban J connectivity index is 1.75. The fourth-order valence-corrected chi connectivity index (χ4v) is 2.25. The highest BCUT2D eigenvalue weighted by Crippen LogP contribution is 2.30. The van der Waals surface area contributed by atoms with Gasteiger partial charge in [0.1, 0.15) is 12.1 Å². The molecule has 0 saturated heterocycles. The Morgan fingerprint density at radius 2 is 2.12 bits per heavy atom. The first kappa shape index (κ1) is 17.0. The second-order valence-corrected chi connectivity index (χ2v) is 5.24. The smallest absolute Gasteiger partial charge is 0.404 e. The van der Waals surface area contributed by atoms with Crippen LogP contribution in [0, 0.1) is 0 Å². The zero-order chi connectivity index (χ0) is 18.0. The monoisotopic (exact) mass is 370 g/mol. The Hall–Kier alpha value is -2.88. The Bertz CT molecular complexity index is 940. The molecule has 0 bridgehead atoms. The SMILES string of the molecule is Cn1ncc2c(N/N=C/c3ccc(OC(F)(F)F)c(Cl)c3)ncnc21. The number of aryl methyl sites for hydroxylation is 1. The maximum Gasteiger partial charge on any atom is 0.573 e. The fourth-order valence-electron chi connectivity index (χ4n) is 2.02. The normalized spacial score (nSPS) is 12.0. The minimum absolute atomic E-state index is 0.182. The van der Waals surface area contributed by atoms with Crippen LogP contribution in [-0.2, 0) is 7.05 Å². The number of hydrogen-bond acceptors (Lipinski definition) is 6. The number of rotatable bonds is 4. The van der Waals surface area contributed by atoms with E-state index in [9.17, 15) is 13.2 Å². The number of halogens is 4. The van der Waals surface area contributed by atoms with Gasteiger partial charge in [0.05, 0.1) is 22.8 Å². The van der Waals surface area contributed by atoms with Gasteiger partial charge in [-0.15, -0.1) is 13.2 Å². The van der Waals surface area contributed by atoms with E-state index in [1.807, 2.05) is 0 Å². The first-order valence-electron chi connectivity index (χ1n) is 6.80. The fraction of sp³-hybridized carbons (Fsp3) is 0.143. The summed E-state index contributed by atoms with van der Waals surface area (Å²) in [6.45, 7) is 0. The van der Waals surface area contributed by atoms with Crippen molar-refractivity contribution in [3.8, 4) is 5.75 Å². The molecule has 3 aromatic rings. The number of benzene rings is 1. The maximum atomic E-state index is 12.2. The van der Waals surface area contributed by atoms with Crippen LogP contribution < -0.4 is 10.2 Å². The van der Waals surface area contributed by atoms with Crippen molar-refractivity contribution in [3.63, 3.8) is 0 Å². The van der Waals surface area contributed by atoms with Crippen molar-refractivity contribution in [3.05, 3.63) is 41.3 Å². The summed E-state index contributed by atoms with van der Waals surface area (Å²) in [5.74, 6) is -0.0374. The molecule has 0 spiro atoms. The van der Waals surface area contributed by atoms with Gasteiger partial charge in [0.15, 0.2) is 11.5 Å². The molecule has 0 radical (unpaired) electrons. The number of fused-ring (bicyclic) bond motifs is 1. The van der Waals surface area contributed by atoms with Gasteiger partial charge in [0.25, 0.3) is 0 Å². The molecule has 130 valence electrons. The van der Waals surface area contributed by atoms with Crippen molar-refractivity contribution in [2.24, 2.45) is 12.1 Å². The van der Waals surface area contributed by atoms with E-state index in [0.29, 0.717) is 22.4 Å². The summed E-state index contributed by atoms with van der Waals surface area (Å²) in [6.07, 6.45) is -0.466. The van der Waals surface area contributed by atoms with Crippen LogP contribution >= 0.6 is 11.6 Å². The molecule has 0 amide bonds. The number of anilines is 1. The average Bonchev–Trinajstić information content (AvgIpc) is 2.91. The first-order valence-corrected chi connectivity index (χ1v) is 7.18. The standard InChI is InChI=1S/C14H10ClF3N6O/c1-24-13-9(6-22-24)12(19-7-20-13)23-21-5-8-2-3-11(10(15)4-8)25-14(16,17)18/h2-7H,1H3,(H,19,20,23)/b21-5+. The Labute approximate surface area is 144 Å². The van der Waals surface area contributed by atoms with Crippen LogP contribution in [0.25, 0.3) is 11.0 Å². The van der Waals surface area contributed by atoms with E-state index >= 15 is 0 Å². The predicted octanol–water partition coefficient (Wildman–Crippen LogP) is 3.36. The highest BCUT2D eigenvalue weighted by Gasteiger charge is 2.31. The van der Waals surface area contributed by atoms with Gasteiger partial charge < -0.3 is 4.74 Å². The third-order valence-electron chi connectivity index (χ3n) is 3.10. The van der Waals surface area contributed by atoms with Crippen LogP contribution in [0.1, 0.15) is 5.56 Å². The van der Waals surface area contributed by atoms with Crippen molar-refractivity contribution in [1.29, 1.82) is 0 Å². The van der Waals surface area contributed by atoms with Crippen molar-refractivity contribution in [2.45, 2.75) is 6.36 Å². The van der Waals surface area contributed by atoms with E-state index in [-0.39, 0.29) is 5.02 Å². The lowest BCUT2D eigenvalue weighted by molar-refractivity contribution is -0.274. The predicted molar refractivity (Wildman–Crippen MR) is 85.7 cm³/mol. The van der Waals surface area contributed by atoms with Crippen molar-refractivity contribution in [1.82, 2.24) is 19.7 Å². The van der Waals surface area contributed by atoms with Gasteiger partial charge in [-0.1, -0.05) is 11.6 Å². The van der Waals surface area contributed by atoms with Gasteiger partial charge in [-0.3, -0.25) is 10.1 Å². The lowest BCUT2D eigenvalue weighted by Gasteiger charge is -2.10. The summed E-state index contributed by atoms with van der Waals surface area (Å²) < 4.78 is 42.0. The van der Waals surface area contributed by atoms with Gasteiger partial charge in [0.2, 0.25) is 0 Å². The number of nitrogens with zero attached hydrogens (tertiary/aromatic N) is 5. The highest BCUT2D eigenvalue weighted by atomic mass is 35.5. The Morgan fingerprint density at radius 1 is 1.32 bits per heavy atom. The van der Waals surface area contributed by atoms with Gasteiger partial charge in [-0.05, 0) is 23.8 Å². The topological polar surface area (TPSA) is 77.2 Å². The minimum atomic E-state index is -4.80. The number of hydrogen-bond donors (Lipinski definition) is 1. The van der Waals surface area contributed by atoms with Crippen LogP contribution in [-0.4, -0.2) is 32.3 Å². The number of nitrogens with one attached hydrogen (secondary N) is 1. The molecule has 0 aliphatic heterocycles. The zero-order valence-corrected chi connectivity index (χ0v) is 13.4. The van der Waals surface area contributed by atoms with Gasteiger partial charge in [0, 0.05) is 7.05 Å². The molecule has 0 aliphatic rings. The van der Waals surface area contributed by atoms with Crippen LogP contribution in [0.5, 0.6) is 5.75 Å². The van der Waals surface area contributed by atoms with Gasteiger partial charge in [-0.2, -0.15) is 10.2 Å². The molecule has 11 heteroatoms. The van der Waals surface area contributed by atoms with E-state index in [2.05, 4.69) is 30.3 Å². The van der Waals surface area contributed by atoms with Gasteiger partial charge in [-0.25, -0.2) is 9.97 Å². The number of ether oxygens (including phenoxy) is 1. The first-order chi connectivity index (χ1) is 11.8.